The SMILES string of the molecule is CCOC(=O)CNP1(=O)Oc2ccccc2-c2nnc(o2)-c2ccccc2OP(=O)(NCC(=O)OCC)Oc2ccccc2-c2nnc(o2)-c2ccccc2O1. The lowest BCUT2D eigenvalue weighted by atomic mass is 10.2. The molecule has 3 heterocycles. The van der Waals surface area contributed by atoms with Crippen LogP contribution in [0.15, 0.2) is 106 Å². The Morgan fingerprint density at radius 3 is 1.04 bits per heavy atom. The Morgan fingerprint density at radius 1 is 0.500 bits per heavy atom. The van der Waals surface area contributed by atoms with Gasteiger partial charge in [-0.25, -0.2) is 9.13 Å². The summed E-state index contributed by atoms with van der Waals surface area (Å²) in [6.07, 6.45) is 0. The van der Waals surface area contributed by atoms with Crippen molar-refractivity contribution >= 4 is 27.4 Å². The van der Waals surface area contributed by atoms with E-state index < -0.39 is 40.5 Å². The highest BCUT2D eigenvalue weighted by molar-refractivity contribution is 7.52. The van der Waals surface area contributed by atoms with E-state index in [1.54, 1.807) is 86.6 Å². The largest absolute Gasteiger partial charge is 0.513 e. The third kappa shape index (κ3) is 8.64. The Kier molecular flexibility index (Phi) is 11.2. The first-order valence-electron chi connectivity index (χ1n) is 17.0. The van der Waals surface area contributed by atoms with Crippen molar-refractivity contribution < 1.29 is 55.1 Å². The molecular formula is C36H32N6O12P2. The lowest BCUT2D eigenvalue weighted by molar-refractivity contribution is -0.142. The molecule has 0 fully saturated rings. The predicted molar refractivity (Wildman–Crippen MR) is 197 cm³/mol. The molecule has 0 unspecified atom stereocenters. The van der Waals surface area contributed by atoms with Crippen LogP contribution in [0.3, 0.4) is 0 Å². The molecule has 6 aromatic rings. The zero-order chi connectivity index (χ0) is 39.1. The van der Waals surface area contributed by atoms with Gasteiger partial charge in [-0.15, -0.1) is 20.4 Å². The summed E-state index contributed by atoms with van der Waals surface area (Å²) in [5, 5.41) is 21.9. The van der Waals surface area contributed by atoms with Crippen LogP contribution in [0.4, 0.5) is 0 Å². The van der Waals surface area contributed by atoms with Gasteiger partial charge in [0.2, 0.25) is 0 Å². The van der Waals surface area contributed by atoms with Gasteiger partial charge in [0, 0.05) is 0 Å². The summed E-state index contributed by atoms with van der Waals surface area (Å²) in [5.41, 5.74) is 0.768. The Bertz CT molecular complexity index is 2170. The molecule has 0 saturated carbocycles. The fraction of sp³-hybridized carbons (Fsp3) is 0.167. The topological polar surface area (TPSA) is 226 Å². The number of hydrogen-bond donors (Lipinski definition) is 2. The molecule has 1 aliphatic rings. The molecule has 18 nitrogen and oxygen atoms in total. The molecule has 2 N–H and O–H groups in total. The Morgan fingerprint density at radius 2 is 0.768 bits per heavy atom. The molecule has 20 heteroatoms. The van der Waals surface area contributed by atoms with Crippen LogP contribution in [0.2, 0.25) is 0 Å². The number of fused-ring (bicyclic) bond motifs is 12. The van der Waals surface area contributed by atoms with Crippen molar-refractivity contribution in [1.82, 2.24) is 30.6 Å². The van der Waals surface area contributed by atoms with E-state index in [0.717, 1.165) is 0 Å². The van der Waals surface area contributed by atoms with E-state index >= 15 is 0 Å². The van der Waals surface area contributed by atoms with Gasteiger partial charge >= 0.3 is 27.4 Å². The van der Waals surface area contributed by atoms with Gasteiger partial charge in [0.05, 0.1) is 35.5 Å². The summed E-state index contributed by atoms with van der Waals surface area (Å²) in [4.78, 5) is 24.8. The normalized spacial score (nSPS) is 17.5. The quantitative estimate of drug-likeness (QED) is 0.118. The molecule has 0 saturated heterocycles. The van der Waals surface area contributed by atoms with E-state index in [-0.39, 0.29) is 82.0 Å². The summed E-state index contributed by atoms with van der Waals surface area (Å²) in [6, 6.07) is 25.3. The van der Waals surface area contributed by atoms with Crippen LogP contribution < -0.4 is 28.3 Å². The number of hydrogen-bond acceptors (Lipinski definition) is 16. The zero-order valence-corrected chi connectivity index (χ0v) is 31.4. The second-order valence-corrected chi connectivity index (χ2v) is 14.8. The van der Waals surface area contributed by atoms with Crippen molar-refractivity contribution in [3.63, 3.8) is 0 Å². The molecule has 0 amide bonds. The van der Waals surface area contributed by atoms with E-state index in [9.17, 15) is 18.7 Å². The number of carbonyl (C=O) groups is 2. The molecule has 0 aliphatic carbocycles. The Hall–Kier alpha value is -6.32. The lowest BCUT2D eigenvalue weighted by Crippen LogP contribution is -2.26. The van der Waals surface area contributed by atoms with Crippen molar-refractivity contribution in [3.8, 4) is 68.8 Å². The van der Waals surface area contributed by atoms with Crippen LogP contribution in [0.25, 0.3) is 45.8 Å². The molecule has 0 atom stereocenters. The smallest absolute Gasteiger partial charge is 0.465 e. The first kappa shape index (κ1) is 38.0. The number of nitrogens with zero attached hydrogens (tertiary/aromatic N) is 4. The van der Waals surface area contributed by atoms with E-state index in [4.69, 9.17) is 36.4 Å². The minimum absolute atomic E-state index is 0.0310. The van der Waals surface area contributed by atoms with Crippen LogP contribution in [0.5, 0.6) is 23.0 Å². The van der Waals surface area contributed by atoms with Gasteiger partial charge in [-0.3, -0.25) is 9.59 Å². The van der Waals surface area contributed by atoms with Gasteiger partial charge in [0.25, 0.3) is 23.6 Å². The molecule has 4 aromatic carbocycles. The fourth-order valence-electron chi connectivity index (χ4n) is 5.20. The van der Waals surface area contributed by atoms with Gasteiger partial charge in [-0.2, -0.15) is 10.2 Å². The number of ether oxygens (including phenoxy) is 2. The minimum atomic E-state index is -4.52. The highest BCUT2D eigenvalue weighted by atomic mass is 31.2. The standard InChI is InChI=1S/C36H32N6O12P2/c1-3-47-31(43)21-37-55(45)51-27-17-9-5-13-23(27)33-39-41-35(49-33)25-15-7-11-19-29(25)53-56(46,38-22-32(44)48-4-2)54-30-20-12-8-16-26(30)36-42-40-34(50-36)24-14-6-10-18-28(24)52-55/h5-20H,3-4,21-22H2,1-2H3,(H,37,45)(H,38,46). The molecule has 288 valence electrons. The summed E-state index contributed by atoms with van der Waals surface area (Å²) in [5.74, 6) is -1.87. The average Bonchev–Trinajstić information content (AvgIpc) is 3.89. The van der Waals surface area contributed by atoms with Crippen molar-refractivity contribution in [3.05, 3.63) is 97.1 Å². The summed E-state index contributed by atoms with van der Waals surface area (Å²) >= 11 is 0. The van der Waals surface area contributed by atoms with Crippen LogP contribution >= 0.6 is 15.5 Å². The highest BCUT2D eigenvalue weighted by Gasteiger charge is 2.35. The summed E-state index contributed by atoms with van der Waals surface area (Å²) in [7, 11) is -9.05. The average molecular weight is 803 g/mol. The maximum Gasteiger partial charge on any atom is 0.513 e. The van der Waals surface area contributed by atoms with Crippen molar-refractivity contribution in [1.29, 1.82) is 0 Å². The number of esters is 2. The molecule has 56 heavy (non-hydrogen) atoms. The number of nitrogens with one attached hydrogen (secondary N) is 2. The molecule has 4 bridgehead atoms. The number of aromatic nitrogens is 4. The number of rotatable bonds is 8. The highest BCUT2D eigenvalue weighted by Crippen LogP contribution is 2.51. The van der Waals surface area contributed by atoms with Gasteiger partial charge < -0.3 is 36.4 Å². The van der Waals surface area contributed by atoms with Crippen molar-refractivity contribution in [2.45, 2.75) is 13.8 Å². The van der Waals surface area contributed by atoms with Crippen LogP contribution in [0, 0.1) is 0 Å². The van der Waals surface area contributed by atoms with Crippen LogP contribution in [0.1, 0.15) is 13.8 Å². The first-order valence-corrected chi connectivity index (χ1v) is 20.1. The second-order valence-electron chi connectivity index (χ2n) is 11.4. The summed E-state index contributed by atoms with van der Waals surface area (Å²) in [6.45, 7) is 2.35. The van der Waals surface area contributed by atoms with E-state index in [1.807, 2.05) is 0 Å². The van der Waals surface area contributed by atoms with Crippen LogP contribution in [-0.4, -0.2) is 58.6 Å². The van der Waals surface area contributed by atoms with Gasteiger partial charge in [0.1, 0.15) is 36.1 Å². The number of benzene rings is 4. The van der Waals surface area contributed by atoms with Gasteiger partial charge in [0.15, 0.2) is 0 Å². The molecule has 2 aromatic heterocycles. The van der Waals surface area contributed by atoms with Gasteiger partial charge in [-0.1, -0.05) is 48.5 Å². The third-order valence-electron chi connectivity index (χ3n) is 7.64. The fourth-order valence-corrected chi connectivity index (χ4v) is 7.86. The Labute approximate surface area is 318 Å². The van der Waals surface area contributed by atoms with Crippen molar-refractivity contribution in [2.75, 3.05) is 26.3 Å². The lowest BCUT2D eigenvalue weighted by Gasteiger charge is -2.22. The Balaban J connectivity index is 1.39. The number of para-hydroxylation sites is 4. The zero-order valence-electron chi connectivity index (χ0n) is 29.6. The first-order chi connectivity index (χ1) is 27.2. The van der Waals surface area contributed by atoms with Gasteiger partial charge in [-0.05, 0) is 62.4 Å². The van der Waals surface area contributed by atoms with E-state index in [2.05, 4.69) is 30.6 Å². The molecule has 1 aliphatic heterocycles. The third-order valence-corrected chi connectivity index (χ3v) is 10.5. The van der Waals surface area contributed by atoms with E-state index in [1.165, 1.54) is 24.3 Å². The van der Waals surface area contributed by atoms with E-state index in [0.29, 0.717) is 0 Å². The van der Waals surface area contributed by atoms with Crippen LogP contribution in [-0.2, 0) is 28.2 Å². The number of carbonyl (C=O) groups excluding carboxylic acids is 2. The molecule has 7 rings (SSSR count). The minimum Gasteiger partial charge on any atom is -0.465 e. The molecule has 0 radical (unpaired) electrons. The summed E-state index contributed by atoms with van der Waals surface area (Å²) < 4.78 is 75.7. The predicted octanol–water partition coefficient (Wildman–Crippen LogP) is 6.87. The monoisotopic (exact) mass is 802 g/mol. The maximum absolute atomic E-state index is 14.6. The molecular weight excluding hydrogens is 770 g/mol. The molecule has 0 spiro atoms. The maximum atomic E-state index is 14.6. The van der Waals surface area contributed by atoms with Crippen molar-refractivity contribution in [2.24, 2.45) is 0 Å². The second kappa shape index (κ2) is 16.6.